The molecule has 0 amide bonds. The van der Waals surface area contributed by atoms with Crippen molar-refractivity contribution in [1.29, 1.82) is 0 Å². The summed E-state index contributed by atoms with van der Waals surface area (Å²) in [7, 11) is 0. The van der Waals surface area contributed by atoms with Gasteiger partial charge in [0, 0.05) is 5.41 Å². The molecule has 1 nitrogen and oxygen atoms in total. The summed E-state index contributed by atoms with van der Waals surface area (Å²) in [6, 6.07) is 5.10. The van der Waals surface area contributed by atoms with Gasteiger partial charge in [-0.25, -0.2) is 4.39 Å². The van der Waals surface area contributed by atoms with Gasteiger partial charge in [0.15, 0.2) is 0 Å². The van der Waals surface area contributed by atoms with Gasteiger partial charge in [0.05, 0.1) is 10.6 Å². The van der Waals surface area contributed by atoms with Crippen molar-refractivity contribution < 1.29 is 9.50 Å². The third-order valence-corrected chi connectivity index (χ3v) is 3.73. The molecule has 0 aromatic heterocycles. The lowest BCUT2D eigenvalue weighted by Crippen LogP contribution is -2.22. The summed E-state index contributed by atoms with van der Waals surface area (Å²) >= 11 is 3.12. The molecule has 2 rings (SSSR count). The average Bonchev–Trinajstić information content (AvgIpc) is 2.90. The van der Waals surface area contributed by atoms with Crippen LogP contribution in [0.2, 0.25) is 0 Å². The van der Waals surface area contributed by atoms with Crippen LogP contribution in [0.1, 0.15) is 25.3 Å². The number of aliphatic hydroxyl groups is 1. The number of rotatable bonds is 2. The number of aliphatic hydroxyl groups excluding tert-OH is 1. The molecule has 1 N–H and O–H groups in total. The Morgan fingerprint density at radius 2 is 2.14 bits per heavy atom. The van der Waals surface area contributed by atoms with E-state index in [9.17, 15) is 9.50 Å². The Labute approximate surface area is 91.1 Å². The van der Waals surface area contributed by atoms with Crippen LogP contribution in [0.15, 0.2) is 22.7 Å². The molecule has 1 aliphatic carbocycles. The lowest BCUT2D eigenvalue weighted by Gasteiger charge is -2.19. The second-order valence-corrected chi connectivity index (χ2v) is 4.82. The maximum absolute atomic E-state index is 13.3. The van der Waals surface area contributed by atoms with Gasteiger partial charge in [-0.15, -0.1) is 0 Å². The zero-order valence-corrected chi connectivity index (χ0v) is 9.51. The molecule has 1 unspecified atom stereocenters. The van der Waals surface area contributed by atoms with Crippen molar-refractivity contribution in [1.82, 2.24) is 0 Å². The molecule has 14 heavy (non-hydrogen) atoms. The molecule has 76 valence electrons. The van der Waals surface area contributed by atoms with E-state index in [4.69, 9.17) is 0 Å². The van der Waals surface area contributed by atoms with Crippen LogP contribution in [0.3, 0.4) is 0 Å². The average molecular weight is 259 g/mol. The van der Waals surface area contributed by atoms with Crippen LogP contribution in [0, 0.1) is 5.82 Å². The van der Waals surface area contributed by atoms with E-state index in [1.54, 1.807) is 13.0 Å². The molecule has 0 heterocycles. The van der Waals surface area contributed by atoms with Crippen LogP contribution in [-0.2, 0) is 5.41 Å². The zero-order chi connectivity index (χ0) is 10.3. The number of halogens is 2. The molecule has 1 aromatic carbocycles. The summed E-state index contributed by atoms with van der Waals surface area (Å²) in [5.41, 5.74) is 0.731. The molecule has 1 saturated carbocycles. The maximum Gasteiger partial charge on any atom is 0.137 e. The van der Waals surface area contributed by atoms with Gasteiger partial charge in [0.25, 0.3) is 0 Å². The summed E-state index contributed by atoms with van der Waals surface area (Å²) in [5.74, 6) is -0.255. The first-order chi connectivity index (χ1) is 6.56. The molecule has 0 radical (unpaired) electrons. The normalized spacial score (nSPS) is 20.6. The fourth-order valence-electron chi connectivity index (χ4n) is 1.89. The highest BCUT2D eigenvalue weighted by Gasteiger charge is 2.48. The first-order valence-corrected chi connectivity index (χ1v) is 5.49. The van der Waals surface area contributed by atoms with E-state index >= 15 is 0 Å². The second kappa shape index (κ2) is 3.31. The Morgan fingerprint density at radius 1 is 1.50 bits per heavy atom. The lowest BCUT2D eigenvalue weighted by atomic mass is 9.91. The summed E-state index contributed by atoms with van der Waals surface area (Å²) in [6.45, 7) is 1.77. The van der Waals surface area contributed by atoms with Crippen molar-refractivity contribution >= 4 is 15.9 Å². The fourth-order valence-corrected chi connectivity index (χ4v) is 2.13. The van der Waals surface area contributed by atoms with Crippen molar-refractivity contribution in [3.05, 3.63) is 34.1 Å². The minimum atomic E-state index is -0.400. The molecule has 1 atom stereocenters. The summed E-state index contributed by atoms with van der Waals surface area (Å²) in [4.78, 5) is 0. The minimum absolute atomic E-state index is 0.179. The summed E-state index contributed by atoms with van der Waals surface area (Å²) in [6.07, 6.45) is 1.50. The van der Waals surface area contributed by atoms with E-state index in [0.717, 1.165) is 18.4 Å². The third-order valence-electron chi connectivity index (χ3n) is 3.08. The van der Waals surface area contributed by atoms with Crippen molar-refractivity contribution in [3.63, 3.8) is 0 Å². The van der Waals surface area contributed by atoms with E-state index in [1.807, 2.05) is 6.07 Å². The smallest absolute Gasteiger partial charge is 0.137 e. The molecule has 3 heteroatoms. The number of hydrogen-bond donors (Lipinski definition) is 1. The Hall–Kier alpha value is -0.410. The van der Waals surface area contributed by atoms with E-state index < -0.39 is 6.10 Å². The van der Waals surface area contributed by atoms with Crippen LogP contribution in [0.4, 0.5) is 4.39 Å². The highest BCUT2D eigenvalue weighted by Crippen LogP contribution is 2.51. The van der Waals surface area contributed by atoms with Crippen LogP contribution < -0.4 is 0 Å². The Bertz CT molecular complexity index is 358. The van der Waals surface area contributed by atoms with Crippen molar-refractivity contribution in [2.45, 2.75) is 31.3 Å². The van der Waals surface area contributed by atoms with Gasteiger partial charge in [-0.1, -0.05) is 6.07 Å². The third kappa shape index (κ3) is 1.48. The zero-order valence-electron chi connectivity index (χ0n) is 7.93. The number of hydrogen-bond acceptors (Lipinski definition) is 1. The van der Waals surface area contributed by atoms with Gasteiger partial charge in [-0.05, 0) is 53.4 Å². The Kier molecular flexibility index (Phi) is 2.40. The highest BCUT2D eigenvalue weighted by atomic mass is 79.9. The summed E-state index contributed by atoms with van der Waals surface area (Å²) in [5, 5.41) is 9.62. The van der Waals surface area contributed by atoms with Crippen LogP contribution in [0.25, 0.3) is 0 Å². The largest absolute Gasteiger partial charge is 0.392 e. The van der Waals surface area contributed by atoms with Crippen LogP contribution in [0.5, 0.6) is 0 Å². The van der Waals surface area contributed by atoms with Gasteiger partial charge in [0.2, 0.25) is 0 Å². The van der Waals surface area contributed by atoms with E-state index in [1.165, 1.54) is 6.07 Å². The molecule has 0 aliphatic heterocycles. The minimum Gasteiger partial charge on any atom is -0.392 e. The maximum atomic E-state index is 13.3. The first kappa shape index (κ1) is 10.1. The van der Waals surface area contributed by atoms with Crippen molar-refractivity contribution in [2.24, 2.45) is 0 Å². The van der Waals surface area contributed by atoms with Gasteiger partial charge < -0.3 is 5.11 Å². The van der Waals surface area contributed by atoms with Crippen molar-refractivity contribution in [3.8, 4) is 0 Å². The van der Waals surface area contributed by atoms with Gasteiger partial charge >= 0.3 is 0 Å². The monoisotopic (exact) mass is 258 g/mol. The molecule has 0 saturated heterocycles. The first-order valence-electron chi connectivity index (χ1n) is 4.70. The van der Waals surface area contributed by atoms with E-state index in [2.05, 4.69) is 15.9 Å². The molecule has 1 aromatic rings. The highest BCUT2D eigenvalue weighted by molar-refractivity contribution is 9.10. The molecular weight excluding hydrogens is 247 g/mol. The van der Waals surface area contributed by atoms with Gasteiger partial charge in [-0.3, -0.25) is 0 Å². The van der Waals surface area contributed by atoms with E-state index in [-0.39, 0.29) is 11.2 Å². The molecule has 1 fully saturated rings. The topological polar surface area (TPSA) is 20.2 Å². The van der Waals surface area contributed by atoms with E-state index in [0.29, 0.717) is 4.47 Å². The lowest BCUT2D eigenvalue weighted by molar-refractivity contribution is 0.150. The van der Waals surface area contributed by atoms with Crippen molar-refractivity contribution in [2.75, 3.05) is 0 Å². The van der Waals surface area contributed by atoms with Gasteiger partial charge in [-0.2, -0.15) is 0 Å². The van der Waals surface area contributed by atoms with Crippen LogP contribution >= 0.6 is 15.9 Å². The SMILES string of the molecule is CC(O)C1(c2ccc(Br)c(F)c2)CC1. The second-order valence-electron chi connectivity index (χ2n) is 3.96. The van der Waals surface area contributed by atoms with Gasteiger partial charge in [0.1, 0.15) is 5.82 Å². The Balaban J connectivity index is 2.38. The quantitative estimate of drug-likeness (QED) is 0.865. The standard InChI is InChI=1S/C11H12BrFO/c1-7(14)11(4-5-11)8-2-3-9(12)10(13)6-8/h2-3,6-7,14H,4-5H2,1H3. The fraction of sp³-hybridized carbons (Fsp3) is 0.455. The predicted octanol–water partition coefficient (Wildman–Crippen LogP) is 3.00. The summed E-state index contributed by atoms with van der Waals surface area (Å²) < 4.78 is 13.7. The molecule has 1 aliphatic rings. The number of benzene rings is 1. The molecule has 0 bridgehead atoms. The Morgan fingerprint density at radius 3 is 2.57 bits per heavy atom. The molecule has 0 spiro atoms. The molecular formula is C11H12BrFO. The predicted molar refractivity (Wildman–Crippen MR) is 56.7 cm³/mol. The van der Waals surface area contributed by atoms with Crippen LogP contribution in [-0.4, -0.2) is 11.2 Å².